The van der Waals surface area contributed by atoms with Crippen LogP contribution in [0, 0.1) is 0 Å². The largest absolute Gasteiger partial charge is 0.494 e. The topological polar surface area (TPSA) is 35.5 Å². The van der Waals surface area contributed by atoms with Gasteiger partial charge in [0.15, 0.2) is 0 Å². The van der Waals surface area contributed by atoms with Gasteiger partial charge in [0, 0.05) is 0 Å². The van der Waals surface area contributed by atoms with E-state index < -0.39 is 0 Å². The lowest BCUT2D eigenvalue weighted by atomic mass is 10.2. The van der Waals surface area contributed by atoms with Crippen LogP contribution in [-0.2, 0) is 4.79 Å². The highest BCUT2D eigenvalue weighted by atomic mass is 16.5. The number of ether oxygens (including phenoxy) is 2. The van der Waals surface area contributed by atoms with Gasteiger partial charge in [0.1, 0.15) is 11.5 Å². The summed E-state index contributed by atoms with van der Waals surface area (Å²) in [7, 11) is 0. The molecule has 0 fully saturated rings. The fraction of sp³-hybridized carbons (Fsp3) is 0.533. The Hall–Kier alpha value is -1.51. The highest BCUT2D eigenvalue weighted by Crippen LogP contribution is 2.23. The molecule has 0 heterocycles. The maximum atomic E-state index is 10.9. The summed E-state index contributed by atoms with van der Waals surface area (Å²) in [6, 6.07) is 5.29. The minimum absolute atomic E-state index is 0.431. The van der Waals surface area contributed by atoms with Crippen molar-refractivity contribution < 1.29 is 14.3 Å². The van der Waals surface area contributed by atoms with Crippen LogP contribution in [0.1, 0.15) is 45.1 Å². The Balaban J connectivity index is 2.61. The van der Waals surface area contributed by atoms with Gasteiger partial charge >= 0.3 is 0 Å². The van der Waals surface area contributed by atoms with E-state index in [2.05, 4.69) is 13.8 Å². The molecule has 0 spiro atoms. The van der Waals surface area contributed by atoms with Crippen LogP contribution in [0.15, 0.2) is 18.2 Å². The van der Waals surface area contributed by atoms with Gasteiger partial charge in [0.05, 0.1) is 18.8 Å². The molecule has 99 valence electrons. The van der Waals surface area contributed by atoms with Gasteiger partial charge in [-0.25, -0.2) is 0 Å². The van der Waals surface area contributed by atoms with E-state index in [4.69, 9.17) is 9.47 Å². The molecule has 18 heavy (non-hydrogen) atoms. The highest BCUT2D eigenvalue weighted by molar-refractivity contribution is 5.80. The first-order chi connectivity index (χ1) is 8.81. The van der Waals surface area contributed by atoms with Crippen molar-refractivity contribution >= 4 is 6.29 Å². The molecule has 3 nitrogen and oxygen atoms in total. The molecule has 3 heteroatoms. The molecule has 1 rings (SSSR count). The molecule has 0 aliphatic rings. The average molecular weight is 249 g/mol. The number of hydrogen-bond donors (Lipinski definition) is 0. The van der Waals surface area contributed by atoms with Crippen LogP contribution in [0.5, 0.6) is 11.5 Å². The van der Waals surface area contributed by atoms with Crippen molar-refractivity contribution in [2.75, 3.05) is 13.2 Å². The summed E-state index contributed by atoms with van der Waals surface area (Å²) in [4.78, 5) is 10.9. The van der Waals surface area contributed by atoms with Crippen LogP contribution in [0.2, 0.25) is 0 Å². The molecule has 1 radical (unpaired) electrons. The van der Waals surface area contributed by atoms with Crippen molar-refractivity contribution in [3.63, 3.8) is 0 Å². The van der Waals surface area contributed by atoms with Gasteiger partial charge in [-0.2, -0.15) is 0 Å². The van der Waals surface area contributed by atoms with Crippen LogP contribution in [0.25, 0.3) is 0 Å². The van der Waals surface area contributed by atoms with Crippen LogP contribution >= 0.6 is 0 Å². The summed E-state index contributed by atoms with van der Waals surface area (Å²) < 4.78 is 11.1. The summed E-state index contributed by atoms with van der Waals surface area (Å²) in [5.41, 5.74) is 0.431. The highest BCUT2D eigenvalue weighted by Gasteiger charge is 2.06. The molecule has 0 saturated heterocycles. The number of carbonyl (C=O) groups excluding carboxylic acids is 1. The fourth-order valence-corrected chi connectivity index (χ4v) is 1.47. The third-order valence-corrected chi connectivity index (χ3v) is 2.58. The SMILES string of the molecule is CCCCOc1ccc(OCCCC)c([C]=O)c1. The van der Waals surface area contributed by atoms with Crippen LogP contribution in [0.3, 0.4) is 0 Å². The molecule has 1 aromatic carbocycles. The van der Waals surface area contributed by atoms with E-state index in [1.165, 1.54) is 0 Å². The van der Waals surface area contributed by atoms with Gasteiger partial charge in [-0.15, -0.1) is 0 Å². The third kappa shape index (κ3) is 4.78. The van der Waals surface area contributed by atoms with Crippen molar-refractivity contribution in [1.82, 2.24) is 0 Å². The van der Waals surface area contributed by atoms with Gasteiger partial charge in [-0.05, 0) is 31.0 Å². The molecule has 0 amide bonds. The van der Waals surface area contributed by atoms with E-state index in [-0.39, 0.29) is 0 Å². The maximum absolute atomic E-state index is 10.9. The first-order valence-electron chi connectivity index (χ1n) is 6.59. The zero-order valence-electron chi connectivity index (χ0n) is 11.2. The lowest BCUT2D eigenvalue weighted by Gasteiger charge is -2.10. The molecule has 0 aliphatic heterocycles. The normalized spacial score (nSPS) is 10.1. The van der Waals surface area contributed by atoms with Crippen LogP contribution < -0.4 is 9.47 Å². The number of benzene rings is 1. The molecule has 0 aromatic heterocycles. The zero-order valence-corrected chi connectivity index (χ0v) is 11.2. The predicted molar refractivity (Wildman–Crippen MR) is 72.0 cm³/mol. The third-order valence-electron chi connectivity index (χ3n) is 2.58. The number of unbranched alkanes of at least 4 members (excludes halogenated alkanes) is 2. The summed E-state index contributed by atoms with van der Waals surface area (Å²) in [5, 5.41) is 0. The molecule has 0 unspecified atom stereocenters. The molecular formula is C15H21O3. The monoisotopic (exact) mass is 249 g/mol. The minimum Gasteiger partial charge on any atom is -0.494 e. The first kappa shape index (κ1) is 14.6. The molecule has 0 saturated carbocycles. The van der Waals surface area contributed by atoms with E-state index in [0.29, 0.717) is 30.3 Å². The van der Waals surface area contributed by atoms with Gasteiger partial charge in [-0.3, -0.25) is 4.79 Å². The Morgan fingerprint density at radius 2 is 1.72 bits per heavy atom. The lowest BCUT2D eigenvalue weighted by molar-refractivity contribution is 0.300. The van der Waals surface area contributed by atoms with E-state index in [1.54, 1.807) is 12.1 Å². The summed E-state index contributed by atoms with van der Waals surface area (Å²) in [6.45, 7) is 5.51. The van der Waals surface area contributed by atoms with Gasteiger partial charge in [0.25, 0.3) is 0 Å². The van der Waals surface area contributed by atoms with Crippen LogP contribution in [-0.4, -0.2) is 19.5 Å². The Kier molecular flexibility index (Phi) is 6.92. The van der Waals surface area contributed by atoms with Gasteiger partial charge in [-0.1, -0.05) is 26.7 Å². The number of hydrogen-bond acceptors (Lipinski definition) is 3. The van der Waals surface area contributed by atoms with E-state index in [1.807, 2.05) is 12.4 Å². The molecule has 0 aliphatic carbocycles. The molecule has 0 atom stereocenters. The van der Waals surface area contributed by atoms with Gasteiger partial charge < -0.3 is 9.47 Å². The van der Waals surface area contributed by atoms with Crippen molar-refractivity contribution in [3.8, 4) is 11.5 Å². The Labute approximate surface area is 109 Å². The van der Waals surface area contributed by atoms with Crippen LogP contribution in [0.4, 0.5) is 0 Å². The van der Waals surface area contributed by atoms with E-state index in [9.17, 15) is 4.79 Å². The quantitative estimate of drug-likeness (QED) is 0.628. The summed E-state index contributed by atoms with van der Waals surface area (Å²) >= 11 is 0. The maximum Gasteiger partial charge on any atom is 0.237 e. The summed E-state index contributed by atoms with van der Waals surface area (Å²) in [6.07, 6.45) is 6.04. The van der Waals surface area contributed by atoms with Crippen molar-refractivity contribution in [2.45, 2.75) is 39.5 Å². The summed E-state index contributed by atoms with van der Waals surface area (Å²) in [5.74, 6) is 1.28. The van der Waals surface area contributed by atoms with Crippen molar-refractivity contribution in [3.05, 3.63) is 23.8 Å². The Morgan fingerprint density at radius 3 is 2.33 bits per heavy atom. The fourth-order valence-electron chi connectivity index (χ4n) is 1.47. The molecule has 0 N–H and O–H groups in total. The predicted octanol–water partition coefficient (Wildman–Crippen LogP) is 3.50. The smallest absolute Gasteiger partial charge is 0.237 e. The Morgan fingerprint density at radius 1 is 1.06 bits per heavy atom. The standard InChI is InChI=1S/C15H21O3/c1-3-5-9-17-14-7-8-15(13(11-14)12-16)18-10-6-4-2/h7-8,11H,3-6,9-10H2,1-2H3. The molecule has 1 aromatic rings. The first-order valence-corrected chi connectivity index (χ1v) is 6.59. The second-order valence-electron chi connectivity index (χ2n) is 4.16. The average Bonchev–Trinajstić information content (AvgIpc) is 2.40. The van der Waals surface area contributed by atoms with Crippen molar-refractivity contribution in [1.29, 1.82) is 0 Å². The second-order valence-corrected chi connectivity index (χ2v) is 4.16. The molecule has 0 bridgehead atoms. The van der Waals surface area contributed by atoms with E-state index in [0.717, 1.165) is 25.7 Å². The Bertz CT molecular complexity index is 361. The second kappa shape index (κ2) is 8.56. The lowest BCUT2D eigenvalue weighted by Crippen LogP contribution is -2.01. The number of rotatable bonds is 9. The van der Waals surface area contributed by atoms with Gasteiger partial charge in [0.2, 0.25) is 6.29 Å². The van der Waals surface area contributed by atoms with Crippen molar-refractivity contribution in [2.24, 2.45) is 0 Å². The zero-order chi connectivity index (χ0) is 13.2. The molecular weight excluding hydrogens is 228 g/mol. The van der Waals surface area contributed by atoms with E-state index >= 15 is 0 Å². The minimum atomic E-state index is 0.431.